The van der Waals surface area contributed by atoms with Crippen molar-refractivity contribution in [2.75, 3.05) is 13.6 Å². The van der Waals surface area contributed by atoms with Gasteiger partial charge in [-0.15, -0.1) is 0 Å². The molecule has 0 heterocycles. The maximum Gasteiger partial charge on any atom is 0.0909 e. The number of thiocarbonyl (C=S) groups is 1. The molecule has 2 N–H and O–H groups in total. The van der Waals surface area contributed by atoms with Gasteiger partial charge in [-0.25, -0.2) is 4.99 Å². The zero-order valence-corrected chi connectivity index (χ0v) is 12.3. The van der Waals surface area contributed by atoms with Crippen LogP contribution in [0, 0.1) is 13.8 Å². The van der Waals surface area contributed by atoms with Gasteiger partial charge in [0.25, 0.3) is 0 Å². The number of hydrogen-bond acceptors (Lipinski definition) is 2. The zero-order valence-electron chi connectivity index (χ0n) is 11.5. The topological polar surface area (TPSA) is 41.6 Å². The minimum Gasteiger partial charge on any atom is -0.393 e. The lowest BCUT2D eigenvalue weighted by Crippen LogP contribution is -2.14. The molecule has 0 amide bonds. The van der Waals surface area contributed by atoms with E-state index in [2.05, 4.69) is 37.9 Å². The molecular weight excluding hydrogens is 242 g/mol. The number of aliphatic imine (C=N–C) groups is 1. The molecule has 0 aliphatic carbocycles. The number of hydrogen-bond donors (Lipinski definition) is 1. The van der Waals surface area contributed by atoms with Gasteiger partial charge in [-0.05, 0) is 37.5 Å². The van der Waals surface area contributed by atoms with Gasteiger partial charge in [0.15, 0.2) is 0 Å². The summed E-state index contributed by atoms with van der Waals surface area (Å²) in [5.74, 6) is 0. The molecule has 0 saturated heterocycles. The number of benzene rings is 1. The van der Waals surface area contributed by atoms with Crippen LogP contribution in [0.1, 0.15) is 23.6 Å². The predicted molar refractivity (Wildman–Crippen MR) is 82.9 cm³/mol. The standard InChI is InChI=1S/C14H21N3S/c1-5-17(4)9-16-14-10(2)6-12(7-11(14)3)8-13(15)18/h6-7,9H,5,8H2,1-4H3,(H2,15,18). The first-order valence-electron chi connectivity index (χ1n) is 6.07. The van der Waals surface area contributed by atoms with E-state index >= 15 is 0 Å². The number of rotatable bonds is 5. The van der Waals surface area contributed by atoms with Gasteiger partial charge in [0.05, 0.1) is 17.0 Å². The minimum absolute atomic E-state index is 0.524. The van der Waals surface area contributed by atoms with Gasteiger partial charge in [-0.3, -0.25) is 0 Å². The fourth-order valence-corrected chi connectivity index (χ4v) is 1.96. The molecule has 0 bridgehead atoms. The van der Waals surface area contributed by atoms with Gasteiger partial charge in [-0.1, -0.05) is 24.4 Å². The fraction of sp³-hybridized carbons (Fsp3) is 0.429. The molecule has 0 spiro atoms. The molecule has 18 heavy (non-hydrogen) atoms. The molecule has 98 valence electrons. The van der Waals surface area contributed by atoms with E-state index in [4.69, 9.17) is 18.0 Å². The van der Waals surface area contributed by atoms with Crippen molar-refractivity contribution in [1.82, 2.24) is 4.90 Å². The van der Waals surface area contributed by atoms with E-state index in [1.807, 2.05) is 18.3 Å². The highest BCUT2D eigenvalue weighted by atomic mass is 32.1. The van der Waals surface area contributed by atoms with Crippen LogP contribution in [0.2, 0.25) is 0 Å². The first-order valence-corrected chi connectivity index (χ1v) is 6.47. The number of nitrogens with two attached hydrogens (primary N) is 1. The molecule has 0 atom stereocenters. The monoisotopic (exact) mass is 263 g/mol. The third kappa shape index (κ3) is 4.11. The molecule has 0 aliphatic rings. The van der Waals surface area contributed by atoms with Crippen LogP contribution in [0.4, 0.5) is 5.69 Å². The lowest BCUT2D eigenvalue weighted by Gasteiger charge is -2.11. The second-order valence-electron chi connectivity index (χ2n) is 4.54. The van der Waals surface area contributed by atoms with Crippen LogP contribution < -0.4 is 5.73 Å². The Labute approximate surface area is 115 Å². The quantitative estimate of drug-likeness (QED) is 0.504. The van der Waals surface area contributed by atoms with Crippen molar-refractivity contribution in [3.05, 3.63) is 28.8 Å². The molecule has 0 aromatic heterocycles. The van der Waals surface area contributed by atoms with Crippen molar-refractivity contribution in [3.8, 4) is 0 Å². The maximum absolute atomic E-state index is 5.57. The molecule has 1 aromatic rings. The summed E-state index contributed by atoms with van der Waals surface area (Å²) in [5.41, 5.74) is 10.1. The van der Waals surface area contributed by atoms with Crippen LogP contribution in [0.25, 0.3) is 0 Å². The molecular formula is C14H21N3S. The predicted octanol–water partition coefficient (Wildman–Crippen LogP) is 2.74. The Kier molecular flexibility index (Phi) is 5.28. The van der Waals surface area contributed by atoms with Gasteiger partial charge >= 0.3 is 0 Å². The molecule has 3 nitrogen and oxygen atoms in total. The molecule has 0 saturated carbocycles. The minimum atomic E-state index is 0.524. The van der Waals surface area contributed by atoms with Gasteiger partial charge in [0.1, 0.15) is 0 Å². The second-order valence-corrected chi connectivity index (χ2v) is 5.06. The lowest BCUT2D eigenvalue weighted by molar-refractivity contribution is 0.552. The van der Waals surface area contributed by atoms with E-state index in [1.165, 1.54) is 0 Å². The van der Waals surface area contributed by atoms with Crippen LogP contribution in [-0.2, 0) is 6.42 Å². The van der Waals surface area contributed by atoms with E-state index in [9.17, 15) is 0 Å². The highest BCUT2D eigenvalue weighted by molar-refractivity contribution is 7.80. The van der Waals surface area contributed by atoms with Gasteiger partial charge in [0, 0.05) is 20.0 Å². The molecule has 0 unspecified atom stereocenters. The van der Waals surface area contributed by atoms with Crippen molar-refractivity contribution in [3.63, 3.8) is 0 Å². The first kappa shape index (κ1) is 14.6. The van der Waals surface area contributed by atoms with E-state index < -0.39 is 0 Å². The summed E-state index contributed by atoms with van der Waals surface area (Å²) in [4.78, 5) is 7.10. The van der Waals surface area contributed by atoms with Crippen molar-refractivity contribution in [2.24, 2.45) is 10.7 Å². The smallest absolute Gasteiger partial charge is 0.0909 e. The van der Waals surface area contributed by atoms with E-state index in [1.54, 1.807) is 0 Å². The SMILES string of the molecule is CCN(C)C=Nc1c(C)cc(CC(N)=S)cc1C. The summed E-state index contributed by atoms with van der Waals surface area (Å²) in [6.07, 6.45) is 2.51. The molecule has 1 rings (SSSR count). The Morgan fingerprint density at radius 2 is 1.94 bits per heavy atom. The molecule has 4 heteroatoms. The Hall–Kier alpha value is -1.42. The summed E-state index contributed by atoms with van der Waals surface area (Å²) in [5, 5.41) is 0. The lowest BCUT2D eigenvalue weighted by atomic mass is 10.0. The molecule has 0 aliphatic heterocycles. The van der Waals surface area contributed by atoms with Crippen LogP contribution in [0.5, 0.6) is 0 Å². The normalized spacial score (nSPS) is 10.9. The number of nitrogens with zero attached hydrogens (tertiary/aromatic N) is 2. The van der Waals surface area contributed by atoms with Crippen molar-refractivity contribution >= 4 is 29.2 Å². The maximum atomic E-state index is 5.57. The van der Waals surface area contributed by atoms with E-state index in [0.717, 1.165) is 28.9 Å². The van der Waals surface area contributed by atoms with Gasteiger partial charge in [0.2, 0.25) is 0 Å². The second kappa shape index (κ2) is 6.50. The van der Waals surface area contributed by atoms with E-state index in [-0.39, 0.29) is 0 Å². The highest BCUT2D eigenvalue weighted by Gasteiger charge is 2.05. The summed E-state index contributed by atoms with van der Waals surface area (Å²) in [6.45, 7) is 7.17. The van der Waals surface area contributed by atoms with Crippen molar-refractivity contribution in [1.29, 1.82) is 0 Å². The Bertz CT molecular complexity index is 443. The Balaban J connectivity index is 3.01. The zero-order chi connectivity index (χ0) is 13.7. The summed E-state index contributed by atoms with van der Waals surface area (Å²) >= 11 is 4.94. The third-order valence-corrected chi connectivity index (χ3v) is 2.96. The Morgan fingerprint density at radius 3 is 2.39 bits per heavy atom. The van der Waals surface area contributed by atoms with Crippen LogP contribution >= 0.6 is 12.2 Å². The van der Waals surface area contributed by atoms with Gasteiger partial charge in [-0.2, -0.15) is 0 Å². The first-order chi connectivity index (χ1) is 8.43. The van der Waals surface area contributed by atoms with Crippen LogP contribution in [0.15, 0.2) is 17.1 Å². The summed E-state index contributed by atoms with van der Waals surface area (Å²) in [7, 11) is 2.01. The number of aryl methyl sites for hydroxylation is 2. The summed E-state index contributed by atoms with van der Waals surface area (Å²) < 4.78 is 0. The fourth-order valence-electron chi connectivity index (χ4n) is 1.79. The third-order valence-electron chi connectivity index (χ3n) is 2.81. The molecule has 0 fully saturated rings. The van der Waals surface area contributed by atoms with Crippen LogP contribution in [-0.4, -0.2) is 29.8 Å². The summed E-state index contributed by atoms with van der Waals surface area (Å²) in [6, 6.07) is 4.20. The largest absolute Gasteiger partial charge is 0.393 e. The van der Waals surface area contributed by atoms with Gasteiger partial charge < -0.3 is 10.6 Å². The average molecular weight is 263 g/mol. The van der Waals surface area contributed by atoms with Crippen molar-refractivity contribution in [2.45, 2.75) is 27.2 Å². The average Bonchev–Trinajstić information content (AvgIpc) is 2.26. The van der Waals surface area contributed by atoms with Crippen molar-refractivity contribution < 1.29 is 0 Å². The molecule has 1 aromatic carbocycles. The van der Waals surface area contributed by atoms with Crippen LogP contribution in [0.3, 0.4) is 0 Å². The molecule has 0 radical (unpaired) electrons. The van der Waals surface area contributed by atoms with E-state index in [0.29, 0.717) is 11.4 Å². The Morgan fingerprint density at radius 1 is 1.39 bits per heavy atom. The highest BCUT2D eigenvalue weighted by Crippen LogP contribution is 2.25.